The lowest BCUT2D eigenvalue weighted by atomic mass is 10.1. The van der Waals surface area contributed by atoms with Gasteiger partial charge >= 0.3 is 0 Å². The smallest absolute Gasteiger partial charge is 0.240 e. The molecule has 8 nitrogen and oxygen atoms in total. The van der Waals surface area contributed by atoms with Gasteiger partial charge in [-0.2, -0.15) is 19.5 Å². The van der Waals surface area contributed by atoms with Gasteiger partial charge in [0, 0.05) is 18.2 Å². The van der Waals surface area contributed by atoms with Crippen LogP contribution in [-0.4, -0.2) is 34.8 Å². The predicted octanol–water partition coefficient (Wildman–Crippen LogP) is 3.17. The highest BCUT2D eigenvalue weighted by Gasteiger charge is 2.16. The molecule has 0 unspecified atom stereocenters. The van der Waals surface area contributed by atoms with Crippen molar-refractivity contribution in [2.24, 2.45) is 7.05 Å². The Balaban J connectivity index is 1.62. The van der Waals surface area contributed by atoms with Crippen molar-refractivity contribution in [3.8, 4) is 28.4 Å². The van der Waals surface area contributed by atoms with Gasteiger partial charge in [-0.05, 0) is 11.6 Å². The van der Waals surface area contributed by atoms with Crippen molar-refractivity contribution in [1.82, 2.24) is 34.8 Å². The molecular weight excluding hydrogens is 366 g/mol. The van der Waals surface area contributed by atoms with E-state index in [0.717, 1.165) is 22.4 Å². The van der Waals surface area contributed by atoms with E-state index in [1.165, 1.54) is 4.80 Å². The fourth-order valence-corrected chi connectivity index (χ4v) is 3.11. The summed E-state index contributed by atoms with van der Waals surface area (Å²) in [6.07, 6.45) is 1.68. The van der Waals surface area contributed by atoms with E-state index in [2.05, 4.69) is 20.4 Å². The number of benzene rings is 2. The number of nitrogens with zero attached hydrogens (tertiary/aromatic N) is 7. The first-order valence-electron chi connectivity index (χ1n) is 9.13. The molecule has 0 aliphatic rings. The van der Waals surface area contributed by atoms with E-state index in [0.29, 0.717) is 17.4 Å². The van der Waals surface area contributed by atoms with Crippen LogP contribution in [0.5, 0.6) is 5.88 Å². The molecule has 3 aromatic heterocycles. The Morgan fingerprint density at radius 2 is 1.59 bits per heavy atom. The Morgan fingerprint density at radius 1 is 0.862 bits per heavy atom. The topological polar surface area (TPSA) is 83.0 Å². The van der Waals surface area contributed by atoms with Gasteiger partial charge < -0.3 is 4.74 Å². The Morgan fingerprint density at radius 3 is 2.28 bits per heavy atom. The van der Waals surface area contributed by atoms with Crippen LogP contribution in [0.3, 0.4) is 0 Å². The quantitative estimate of drug-likeness (QED) is 0.464. The molecule has 142 valence electrons. The van der Waals surface area contributed by atoms with Crippen molar-refractivity contribution in [3.63, 3.8) is 0 Å². The molecule has 0 radical (unpaired) electrons. The van der Waals surface area contributed by atoms with Gasteiger partial charge in [0.25, 0.3) is 0 Å². The zero-order chi connectivity index (χ0) is 19.6. The lowest BCUT2D eigenvalue weighted by Gasteiger charge is -2.11. The molecule has 0 aliphatic carbocycles. The summed E-state index contributed by atoms with van der Waals surface area (Å²) in [6, 6.07) is 21.7. The Kier molecular flexibility index (Phi) is 4.21. The van der Waals surface area contributed by atoms with Gasteiger partial charge in [-0.25, -0.2) is 0 Å². The molecule has 0 fully saturated rings. The van der Waals surface area contributed by atoms with E-state index in [-0.39, 0.29) is 6.61 Å². The molecule has 0 amide bonds. The second kappa shape index (κ2) is 7.16. The second-order valence-corrected chi connectivity index (χ2v) is 6.50. The van der Waals surface area contributed by atoms with Crippen molar-refractivity contribution in [3.05, 3.63) is 78.6 Å². The lowest BCUT2D eigenvalue weighted by Crippen LogP contribution is -2.05. The fraction of sp³-hybridized carbons (Fsp3) is 0.0952. The summed E-state index contributed by atoms with van der Waals surface area (Å²) in [6.45, 7) is 0.259. The zero-order valence-electron chi connectivity index (χ0n) is 15.7. The average molecular weight is 383 g/mol. The number of rotatable bonds is 5. The van der Waals surface area contributed by atoms with Crippen LogP contribution in [0.1, 0.15) is 5.69 Å². The van der Waals surface area contributed by atoms with E-state index in [1.54, 1.807) is 17.8 Å². The number of hydrogen-bond acceptors (Lipinski definition) is 6. The highest BCUT2D eigenvalue weighted by Crippen LogP contribution is 2.30. The van der Waals surface area contributed by atoms with E-state index in [1.807, 2.05) is 66.7 Å². The van der Waals surface area contributed by atoms with Gasteiger partial charge in [-0.1, -0.05) is 60.7 Å². The highest BCUT2D eigenvalue weighted by atomic mass is 16.5. The third kappa shape index (κ3) is 3.31. The first-order valence-corrected chi connectivity index (χ1v) is 9.13. The van der Waals surface area contributed by atoms with Crippen LogP contribution in [0, 0.1) is 0 Å². The lowest BCUT2D eigenvalue weighted by molar-refractivity contribution is 0.285. The molecule has 5 aromatic rings. The Hall–Kier alpha value is -4.07. The van der Waals surface area contributed by atoms with E-state index < -0.39 is 0 Å². The second-order valence-electron chi connectivity index (χ2n) is 6.50. The van der Waals surface area contributed by atoms with Crippen LogP contribution in [0.4, 0.5) is 0 Å². The van der Waals surface area contributed by atoms with Crippen LogP contribution in [0.15, 0.2) is 72.9 Å². The predicted molar refractivity (Wildman–Crippen MR) is 107 cm³/mol. The van der Waals surface area contributed by atoms with Crippen LogP contribution >= 0.6 is 0 Å². The average Bonchev–Trinajstić information content (AvgIpc) is 3.38. The Bertz CT molecular complexity index is 1260. The monoisotopic (exact) mass is 383 g/mol. The molecular formula is C21H17N7O. The van der Waals surface area contributed by atoms with Gasteiger partial charge in [0.1, 0.15) is 12.3 Å². The summed E-state index contributed by atoms with van der Waals surface area (Å²) < 4.78 is 7.76. The van der Waals surface area contributed by atoms with Crippen molar-refractivity contribution in [2.45, 2.75) is 6.61 Å². The maximum atomic E-state index is 6.06. The van der Waals surface area contributed by atoms with E-state index >= 15 is 0 Å². The minimum absolute atomic E-state index is 0.259. The maximum absolute atomic E-state index is 6.06. The molecule has 0 bridgehead atoms. The molecule has 0 saturated heterocycles. The first kappa shape index (κ1) is 17.1. The molecule has 0 N–H and O–H groups in total. The largest absolute Gasteiger partial charge is 0.470 e. The van der Waals surface area contributed by atoms with Gasteiger partial charge in [0.2, 0.25) is 5.88 Å². The van der Waals surface area contributed by atoms with Crippen LogP contribution in [0.2, 0.25) is 0 Å². The molecule has 0 atom stereocenters. The molecule has 29 heavy (non-hydrogen) atoms. The third-order valence-electron chi connectivity index (χ3n) is 4.48. The minimum Gasteiger partial charge on any atom is -0.470 e. The van der Waals surface area contributed by atoms with Crippen LogP contribution in [-0.2, 0) is 13.7 Å². The van der Waals surface area contributed by atoms with Crippen molar-refractivity contribution in [2.75, 3.05) is 0 Å². The number of ether oxygens (including phenoxy) is 1. The highest BCUT2D eigenvalue weighted by molar-refractivity contribution is 5.72. The standard InChI is InChI=1S/C21H17N7O/c1-27-22-13-17(25-27)14-29-21-18(15-8-4-2-5-9-15)12-19-23-24-20(28(19)26-21)16-10-6-3-7-11-16/h2-13H,14H2,1H3. The van der Waals surface area contributed by atoms with Crippen LogP contribution in [0.25, 0.3) is 28.2 Å². The third-order valence-corrected chi connectivity index (χ3v) is 4.48. The molecule has 8 heteroatoms. The van der Waals surface area contributed by atoms with Gasteiger partial charge in [0.15, 0.2) is 11.5 Å². The maximum Gasteiger partial charge on any atom is 0.240 e. The van der Waals surface area contributed by atoms with Crippen LogP contribution < -0.4 is 4.74 Å². The molecule has 5 rings (SSSR count). The molecule has 3 heterocycles. The summed E-state index contributed by atoms with van der Waals surface area (Å²) in [7, 11) is 1.77. The summed E-state index contributed by atoms with van der Waals surface area (Å²) in [4.78, 5) is 1.50. The Labute approximate surface area is 166 Å². The van der Waals surface area contributed by atoms with E-state index in [9.17, 15) is 0 Å². The number of aromatic nitrogens is 7. The summed E-state index contributed by atoms with van der Waals surface area (Å²) >= 11 is 0. The molecule has 0 aliphatic heterocycles. The summed E-state index contributed by atoms with van der Waals surface area (Å²) in [5.74, 6) is 1.14. The number of fused-ring (bicyclic) bond motifs is 1. The SMILES string of the molecule is Cn1ncc(COc2nn3c(-c4ccccc4)nnc3cc2-c2ccccc2)n1. The minimum atomic E-state index is 0.259. The van der Waals surface area contributed by atoms with Crippen molar-refractivity contribution < 1.29 is 4.74 Å². The fourth-order valence-electron chi connectivity index (χ4n) is 3.11. The van der Waals surface area contributed by atoms with Gasteiger partial charge in [-0.15, -0.1) is 15.3 Å². The number of aryl methyl sites for hydroxylation is 1. The summed E-state index contributed by atoms with van der Waals surface area (Å²) in [5, 5.41) is 21.7. The van der Waals surface area contributed by atoms with Gasteiger partial charge in [0.05, 0.1) is 6.20 Å². The normalized spacial score (nSPS) is 11.1. The first-order chi connectivity index (χ1) is 14.3. The number of hydrogen-bond donors (Lipinski definition) is 0. The summed E-state index contributed by atoms with van der Waals surface area (Å²) in [5.41, 5.74) is 4.13. The molecule has 2 aromatic carbocycles. The zero-order valence-corrected chi connectivity index (χ0v) is 15.7. The van der Waals surface area contributed by atoms with Crippen molar-refractivity contribution in [1.29, 1.82) is 0 Å². The molecule has 0 spiro atoms. The molecule has 0 saturated carbocycles. The van der Waals surface area contributed by atoms with Crippen molar-refractivity contribution >= 4 is 5.65 Å². The van der Waals surface area contributed by atoms with E-state index in [4.69, 9.17) is 9.84 Å². The van der Waals surface area contributed by atoms with Gasteiger partial charge in [-0.3, -0.25) is 0 Å².